The summed E-state index contributed by atoms with van der Waals surface area (Å²) in [5, 5.41) is 9.25. The molecular weight excluding hydrogens is 150 g/mol. The predicted molar refractivity (Wildman–Crippen MR) is 44.2 cm³/mol. The Balaban J connectivity index is 0.000000810. The lowest BCUT2D eigenvalue weighted by atomic mass is 10.1. The zero-order chi connectivity index (χ0) is 6.91. The quantitative estimate of drug-likeness (QED) is 0.606. The summed E-state index contributed by atoms with van der Waals surface area (Å²) in [6.07, 6.45) is 3.88. The highest BCUT2D eigenvalue weighted by Crippen LogP contribution is 2.36. The molecule has 0 radical (unpaired) electrons. The van der Waals surface area contributed by atoms with Crippen LogP contribution in [0.15, 0.2) is 12.7 Å². The van der Waals surface area contributed by atoms with Gasteiger partial charge in [-0.15, -0.1) is 19.0 Å². The minimum atomic E-state index is -0.366. The summed E-state index contributed by atoms with van der Waals surface area (Å²) in [7, 11) is 0. The zero-order valence-corrected chi connectivity index (χ0v) is 6.73. The first-order valence-corrected chi connectivity index (χ1v) is 3.27. The van der Waals surface area contributed by atoms with Gasteiger partial charge in [-0.2, -0.15) is 0 Å². The molecule has 1 aliphatic carbocycles. The highest BCUT2D eigenvalue weighted by atomic mass is 35.5. The van der Waals surface area contributed by atoms with E-state index in [4.69, 9.17) is 5.73 Å². The standard InChI is InChI=1S/C7H13NO.ClH/c1-2-3-6(9)7(8)4-5-7;/h2,6,9H,1,3-5,8H2;1H. The van der Waals surface area contributed by atoms with Gasteiger partial charge >= 0.3 is 0 Å². The van der Waals surface area contributed by atoms with Crippen LogP contribution in [0.4, 0.5) is 0 Å². The van der Waals surface area contributed by atoms with E-state index in [1.165, 1.54) is 0 Å². The van der Waals surface area contributed by atoms with Crippen LogP contribution >= 0.6 is 12.4 Å². The zero-order valence-electron chi connectivity index (χ0n) is 5.92. The van der Waals surface area contributed by atoms with E-state index in [1.54, 1.807) is 6.08 Å². The van der Waals surface area contributed by atoms with Gasteiger partial charge in [0.15, 0.2) is 0 Å². The van der Waals surface area contributed by atoms with Crippen LogP contribution in [-0.2, 0) is 0 Å². The molecule has 0 aromatic rings. The largest absolute Gasteiger partial charge is 0.391 e. The molecule has 10 heavy (non-hydrogen) atoms. The third kappa shape index (κ3) is 1.97. The number of aliphatic hydroxyl groups is 1. The van der Waals surface area contributed by atoms with Crippen LogP contribution in [0.3, 0.4) is 0 Å². The molecule has 3 heteroatoms. The fourth-order valence-electron chi connectivity index (χ4n) is 0.870. The summed E-state index contributed by atoms with van der Waals surface area (Å²) in [4.78, 5) is 0. The maximum absolute atomic E-state index is 9.25. The van der Waals surface area contributed by atoms with Crippen LogP contribution < -0.4 is 5.73 Å². The second-order valence-electron chi connectivity index (χ2n) is 2.77. The van der Waals surface area contributed by atoms with Crippen molar-refractivity contribution in [2.24, 2.45) is 5.73 Å². The SMILES string of the molecule is C=CCC(O)C1(N)CC1.Cl. The van der Waals surface area contributed by atoms with E-state index < -0.39 is 0 Å². The van der Waals surface area contributed by atoms with Gasteiger partial charge in [-0.05, 0) is 19.3 Å². The summed E-state index contributed by atoms with van der Waals surface area (Å²) < 4.78 is 0. The molecule has 0 amide bonds. The van der Waals surface area contributed by atoms with Crippen LogP contribution in [0.25, 0.3) is 0 Å². The topological polar surface area (TPSA) is 46.2 Å². The fraction of sp³-hybridized carbons (Fsp3) is 0.714. The highest BCUT2D eigenvalue weighted by Gasteiger charge is 2.44. The minimum Gasteiger partial charge on any atom is -0.391 e. The summed E-state index contributed by atoms with van der Waals surface area (Å²) in [6, 6.07) is 0. The third-order valence-electron chi connectivity index (χ3n) is 1.88. The molecule has 2 nitrogen and oxygen atoms in total. The normalized spacial score (nSPS) is 22.6. The molecule has 0 heterocycles. The maximum atomic E-state index is 9.25. The van der Waals surface area contributed by atoms with E-state index in [1.807, 2.05) is 0 Å². The lowest BCUT2D eigenvalue weighted by molar-refractivity contribution is 0.137. The summed E-state index contributed by atoms with van der Waals surface area (Å²) in [5.41, 5.74) is 5.42. The number of hydrogen-bond acceptors (Lipinski definition) is 2. The Kier molecular flexibility index (Phi) is 3.36. The van der Waals surface area contributed by atoms with Gasteiger partial charge < -0.3 is 10.8 Å². The van der Waals surface area contributed by atoms with Crippen molar-refractivity contribution in [3.63, 3.8) is 0 Å². The molecule has 0 aromatic heterocycles. The molecule has 0 aliphatic heterocycles. The lowest BCUT2D eigenvalue weighted by Gasteiger charge is -2.14. The molecule has 3 N–H and O–H groups in total. The summed E-state index contributed by atoms with van der Waals surface area (Å²) in [5.74, 6) is 0. The molecule has 1 aliphatic rings. The number of hydrogen-bond donors (Lipinski definition) is 2. The van der Waals surface area contributed by atoms with Crippen molar-refractivity contribution in [3.05, 3.63) is 12.7 Å². The number of aliphatic hydroxyl groups excluding tert-OH is 1. The van der Waals surface area contributed by atoms with Crippen LogP contribution in [0.1, 0.15) is 19.3 Å². The first kappa shape index (κ1) is 9.95. The Morgan fingerprint density at radius 3 is 2.50 bits per heavy atom. The van der Waals surface area contributed by atoms with E-state index >= 15 is 0 Å². The highest BCUT2D eigenvalue weighted by molar-refractivity contribution is 5.85. The van der Waals surface area contributed by atoms with Crippen molar-refractivity contribution in [1.29, 1.82) is 0 Å². The van der Waals surface area contributed by atoms with Crippen LogP contribution in [0, 0.1) is 0 Å². The van der Waals surface area contributed by atoms with Crippen molar-refractivity contribution in [2.45, 2.75) is 30.9 Å². The summed E-state index contributed by atoms with van der Waals surface area (Å²) in [6.45, 7) is 3.53. The van der Waals surface area contributed by atoms with E-state index in [0.29, 0.717) is 6.42 Å². The molecule has 0 spiro atoms. The molecule has 1 saturated carbocycles. The van der Waals surface area contributed by atoms with Gasteiger partial charge in [-0.25, -0.2) is 0 Å². The van der Waals surface area contributed by atoms with Gasteiger partial charge in [0.05, 0.1) is 6.10 Å². The van der Waals surface area contributed by atoms with Crippen LogP contribution in [0.2, 0.25) is 0 Å². The molecular formula is C7H14ClNO. The van der Waals surface area contributed by atoms with Crippen LogP contribution in [-0.4, -0.2) is 16.7 Å². The lowest BCUT2D eigenvalue weighted by Crippen LogP contribution is -2.36. The van der Waals surface area contributed by atoms with Crippen molar-refractivity contribution < 1.29 is 5.11 Å². The van der Waals surface area contributed by atoms with E-state index in [0.717, 1.165) is 12.8 Å². The second-order valence-corrected chi connectivity index (χ2v) is 2.77. The molecule has 1 rings (SSSR count). The summed E-state index contributed by atoms with van der Waals surface area (Å²) >= 11 is 0. The molecule has 1 atom stereocenters. The first-order chi connectivity index (χ1) is 4.19. The van der Waals surface area contributed by atoms with Crippen molar-refractivity contribution >= 4 is 12.4 Å². The van der Waals surface area contributed by atoms with Gasteiger partial charge in [-0.3, -0.25) is 0 Å². The Morgan fingerprint density at radius 1 is 1.70 bits per heavy atom. The molecule has 1 fully saturated rings. The average Bonchev–Trinajstić information content (AvgIpc) is 2.50. The molecule has 0 bridgehead atoms. The van der Waals surface area contributed by atoms with Gasteiger partial charge in [0, 0.05) is 5.54 Å². The van der Waals surface area contributed by atoms with Gasteiger partial charge in [0.2, 0.25) is 0 Å². The molecule has 1 unspecified atom stereocenters. The molecule has 60 valence electrons. The first-order valence-electron chi connectivity index (χ1n) is 3.27. The number of rotatable bonds is 3. The van der Waals surface area contributed by atoms with E-state index in [-0.39, 0.29) is 24.0 Å². The molecule has 0 aromatic carbocycles. The maximum Gasteiger partial charge on any atom is 0.0753 e. The Hall–Kier alpha value is -0.0500. The van der Waals surface area contributed by atoms with Gasteiger partial charge in [0.25, 0.3) is 0 Å². The van der Waals surface area contributed by atoms with E-state index in [9.17, 15) is 5.11 Å². The second kappa shape index (κ2) is 3.37. The minimum absolute atomic E-state index is 0. The Bertz CT molecular complexity index is 123. The van der Waals surface area contributed by atoms with Crippen molar-refractivity contribution in [1.82, 2.24) is 0 Å². The van der Waals surface area contributed by atoms with Gasteiger partial charge in [-0.1, -0.05) is 6.08 Å². The third-order valence-corrected chi connectivity index (χ3v) is 1.88. The average molecular weight is 164 g/mol. The number of halogens is 1. The van der Waals surface area contributed by atoms with Crippen LogP contribution in [0.5, 0.6) is 0 Å². The Labute approximate surface area is 67.5 Å². The predicted octanol–water partition coefficient (Wildman–Crippen LogP) is 0.837. The monoisotopic (exact) mass is 163 g/mol. The molecule has 0 saturated heterocycles. The van der Waals surface area contributed by atoms with Crippen molar-refractivity contribution in [2.75, 3.05) is 0 Å². The van der Waals surface area contributed by atoms with E-state index in [2.05, 4.69) is 6.58 Å². The van der Waals surface area contributed by atoms with Gasteiger partial charge in [0.1, 0.15) is 0 Å². The number of nitrogens with two attached hydrogens (primary N) is 1. The van der Waals surface area contributed by atoms with Crippen molar-refractivity contribution in [3.8, 4) is 0 Å². The smallest absolute Gasteiger partial charge is 0.0753 e. The Morgan fingerprint density at radius 2 is 2.20 bits per heavy atom. The fourth-order valence-corrected chi connectivity index (χ4v) is 0.870.